The molecule has 0 radical (unpaired) electrons. The summed E-state index contributed by atoms with van der Waals surface area (Å²) in [5, 5.41) is 8.59. The first-order valence-electron chi connectivity index (χ1n) is 9.89. The third kappa shape index (κ3) is 5.19. The molecule has 1 fully saturated rings. The maximum absolute atomic E-state index is 12.8. The molecule has 4 heterocycles. The van der Waals surface area contributed by atoms with E-state index in [2.05, 4.69) is 30.3 Å². The van der Waals surface area contributed by atoms with Gasteiger partial charge in [0.1, 0.15) is 5.52 Å². The largest absolute Gasteiger partial charge is 0.369 e. The number of hydrogen-bond acceptors (Lipinski definition) is 6. The maximum atomic E-state index is 12.8. The molecule has 1 aromatic carbocycles. The van der Waals surface area contributed by atoms with Crippen molar-refractivity contribution < 1.29 is 0 Å². The molecule has 0 saturated carbocycles. The van der Waals surface area contributed by atoms with E-state index in [0.717, 1.165) is 30.8 Å². The van der Waals surface area contributed by atoms with E-state index in [1.54, 1.807) is 35.4 Å². The fourth-order valence-electron chi connectivity index (χ4n) is 3.90. The highest BCUT2D eigenvalue weighted by Gasteiger charge is 2.27. The van der Waals surface area contributed by atoms with Crippen LogP contribution in [0.1, 0.15) is 18.0 Å². The van der Waals surface area contributed by atoms with Crippen molar-refractivity contribution in [3.05, 3.63) is 74.9 Å². The lowest BCUT2D eigenvalue weighted by molar-refractivity contribution is 0.509. The Kier molecular flexibility index (Phi) is 8.07. The van der Waals surface area contributed by atoms with Crippen LogP contribution in [0.2, 0.25) is 10.0 Å². The topological polar surface area (TPSA) is 91.7 Å². The summed E-state index contributed by atoms with van der Waals surface area (Å²) >= 11 is 12.0. The lowest BCUT2D eigenvalue weighted by Crippen LogP contribution is -2.23. The van der Waals surface area contributed by atoms with Gasteiger partial charge in [-0.05, 0) is 36.2 Å². The van der Waals surface area contributed by atoms with Crippen LogP contribution in [0, 0.1) is 0 Å². The summed E-state index contributed by atoms with van der Waals surface area (Å²) in [7, 11) is 0. The predicted octanol–water partition coefficient (Wildman–Crippen LogP) is 4.73. The number of aromatic amines is 1. The average molecular weight is 529 g/mol. The molecule has 0 aliphatic carbocycles. The SMILES string of the molecule is Cl.Cl.O=c1[nH]c(NCc2ccc(Cl)c(Cl)c2)nc2cnn(C3CCN(c4ccncc4)C3)c12. The second kappa shape index (κ2) is 10.6. The number of anilines is 2. The van der Waals surface area contributed by atoms with Crippen LogP contribution < -0.4 is 15.8 Å². The van der Waals surface area contributed by atoms with Crippen LogP contribution in [0.25, 0.3) is 11.0 Å². The minimum Gasteiger partial charge on any atom is -0.369 e. The summed E-state index contributed by atoms with van der Waals surface area (Å²) in [6, 6.07) is 9.46. The third-order valence-electron chi connectivity index (χ3n) is 5.44. The lowest BCUT2D eigenvalue weighted by atomic mass is 10.2. The molecular weight excluding hydrogens is 508 g/mol. The molecule has 12 heteroatoms. The highest BCUT2D eigenvalue weighted by molar-refractivity contribution is 6.42. The molecule has 1 atom stereocenters. The first-order chi connectivity index (χ1) is 15.1. The number of aromatic nitrogens is 5. The molecule has 0 amide bonds. The molecule has 2 N–H and O–H groups in total. The van der Waals surface area contributed by atoms with Gasteiger partial charge in [0, 0.05) is 37.7 Å². The molecular formula is C21H21Cl4N7O. The summed E-state index contributed by atoms with van der Waals surface area (Å²) in [5.74, 6) is 0.382. The molecule has 5 rings (SSSR count). The molecule has 0 spiro atoms. The van der Waals surface area contributed by atoms with Crippen molar-refractivity contribution in [1.29, 1.82) is 0 Å². The predicted molar refractivity (Wildman–Crippen MR) is 137 cm³/mol. The second-order valence-electron chi connectivity index (χ2n) is 7.43. The van der Waals surface area contributed by atoms with Crippen molar-refractivity contribution in [3.63, 3.8) is 0 Å². The highest BCUT2D eigenvalue weighted by Crippen LogP contribution is 2.28. The van der Waals surface area contributed by atoms with E-state index < -0.39 is 0 Å². The standard InChI is InChI=1S/C21H19Cl2N7O.2ClH/c22-16-2-1-13(9-17(16)23)10-25-21-27-18-11-26-30(19(18)20(31)28-21)15-5-8-29(12-15)14-3-6-24-7-4-14;;/h1-4,6-7,9,11,15H,5,8,10,12H2,(H2,25,27,28,31);2*1H. The molecule has 1 aliphatic rings. The number of halogens is 4. The van der Waals surface area contributed by atoms with Gasteiger partial charge in [0.15, 0.2) is 5.52 Å². The van der Waals surface area contributed by atoms with Crippen LogP contribution in [0.4, 0.5) is 11.6 Å². The summed E-state index contributed by atoms with van der Waals surface area (Å²) in [4.78, 5) is 26.5. The van der Waals surface area contributed by atoms with E-state index in [1.165, 1.54) is 0 Å². The Morgan fingerprint density at radius 2 is 1.91 bits per heavy atom. The molecule has 174 valence electrons. The van der Waals surface area contributed by atoms with E-state index in [1.807, 2.05) is 18.2 Å². The van der Waals surface area contributed by atoms with Crippen molar-refractivity contribution in [2.45, 2.75) is 19.0 Å². The van der Waals surface area contributed by atoms with E-state index in [0.29, 0.717) is 33.6 Å². The quantitative estimate of drug-likeness (QED) is 0.389. The number of benzene rings is 1. The maximum Gasteiger partial charge on any atom is 0.278 e. The van der Waals surface area contributed by atoms with Crippen LogP contribution in [0.15, 0.2) is 53.7 Å². The number of fused-ring (bicyclic) bond motifs is 1. The van der Waals surface area contributed by atoms with Crippen molar-refractivity contribution >= 4 is 70.7 Å². The Morgan fingerprint density at radius 1 is 1.12 bits per heavy atom. The lowest BCUT2D eigenvalue weighted by Gasteiger charge is -2.18. The van der Waals surface area contributed by atoms with Gasteiger partial charge in [0.05, 0.1) is 22.3 Å². The molecule has 1 unspecified atom stereocenters. The van der Waals surface area contributed by atoms with Crippen molar-refractivity contribution in [2.75, 3.05) is 23.3 Å². The Morgan fingerprint density at radius 3 is 2.67 bits per heavy atom. The third-order valence-corrected chi connectivity index (χ3v) is 6.18. The van der Waals surface area contributed by atoms with Crippen LogP contribution in [0.3, 0.4) is 0 Å². The molecule has 1 aliphatic heterocycles. The van der Waals surface area contributed by atoms with E-state index >= 15 is 0 Å². The fraction of sp³-hybridized carbons (Fsp3) is 0.238. The molecule has 8 nitrogen and oxygen atoms in total. The Labute approximate surface area is 212 Å². The van der Waals surface area contributed by atoms with E-state index in [4.69, 9.17) is 23.2 Å². The monoisotopic (exact) mass is 527 g/mol. The van der Waals surface area contributed by atoms with Gasteiger partial charge >= 0.3 is 0 Å². The number of pyridine rings is 1. The molecule has 3 aromatic heterocycles. The van der Waals surface area contributed by atoms with Crippen molar-refractivity contribution in [1.82, 2.24) is 24.7 Å². The Bertz CT molecular complexity index is 1300. The first kappa shape index (κ1) is 25.1. The zero-order valence-corrected chi connectivity index (χ0v) is 20.4. The van der Waals surface area contributed by atoms with Crippen LogP contribution >= 0.6 is 48.0 Å². The fourth-order valence-corrected chi connectivity index (χ4v) is 4.22. The van der Waals surface area contributed by atoms with Crippen molar-refractivity contribution in [3.8, 4) is 0 Å². The zero-order valence-electron chi connectivity index (χ0n) is 17.2. The Hall–Kier alpha value is -2.52. The van der Waals surface area contributed by atoms with Gasteiger partial charge in [-0.3, -0.25) is 19.4 Å². The second-order valence-corrected chi connectivity index (χ2v) is 8.25. The van der Waals surface area contributed by atoms with Gasteiger partial charge < -0.3 is 10.2 Å². The minimum atomic E-state index is -0.221. The minimum absolute atomic E-state index is 0. The van der Waals surface area contributed by atoms with Gasteiger partial charge in [-0.15, -0.1) is 24.8 Å². The van der Waals surface area contributed by atoms with Crippen LogP contribution in [0.5, 0.6) is 0 Å². The first-order valence-corrected chi connectivity index (χ1v) is 10.6. The van der Waals surface area contributed by atoms with Gasteiger partial charge in [-0.2, -0.15) is 5.10 Å². The summed E-state index contributed by atoms with van der Waals surface area (Å²) in [6.07, 6.45) is 6.11. The number of H-pyrrole nitrogens is 1. The number of nitrogens with one attached hydrogen (secondary N) is 2. The molecule has 0 bridgehead atoms. The van der Waals surface area contributed by atoms with E-state index in [9.17, 15) is 4.79 Å². The van der Waals surface area contributed by atoms with Gasteiger partial charge in [0.2, 0.25) is 5.95 Å². The van der Waals surface area contributed by atoms with Gasteiger partial charge in [-0.1, -0.05) is 29.3 Å². The zero-order chi connectivity index (χ0) is 21.4. The Balaban J connectivity index is 0.00000153. The van der Waals surface area contributed by atoms with Crippen molar-refractivity contribution in [2.24, 2.45) is 0 Å². The number of nitrogens with zero attached hydrogens (tertiary/aromatic N) is 5. The van der Waals surface area contributed by atoms with E-state index in [-0.39, 0.29) is 36.4 Å². The molecule has 33 heavy (non-hydrogen) atoms. The summed E-state index contributed by atoms with van der Waals surface area (Å²) < 4.78 is 1.80. The highest BCUT2D eigenvalue weighted by atomic mass is 35.5. The number of hydrogen-bond donors (Lipinski definition) is 2. The molecule has 1 saturated heterocycles. The normalized spacial score (nSPS) is 15.2. The average Bonchev–Trinajstić information content (AvgIpc) is 3.43. The summed E-state index contributed by atoms with van der Waals surface area (Å²) in [5.41, 5.74) is 2.87. The molecule has 4 aromatic rings. The van der Waals surface area contributed by atoms with Crippen LogP contribution in [-0.4, -0.2) is 37.8 Å². The summed E-state index contributed by atoms with van der Waals surface area (Å²) in [6.45, 7) is 2.12. The number of rotatable bonds is 5. The van der Waals surface area contributed by atoms with Gasteiger partial charge in [0.25, 0.3) is 5.56 Å². The van der Waals surface area contributed by atoms with Crippen LogP contribution in [-0.2, 0) is 6.54 Å². The smallest absolute Gasteiger partial charge is 0.278 e. The van der Waals surface area contributed by atoms with Gasteiger partial charge in [-0.25, -0.2) is 4.98 Å².